The highest BCUT2D eigenvalue weighted by Gasteiger charge is 1.94. The summed E-state index contributed by atoms with van der Waals surface area (Å²) in [5.41, 5.74) is 0.997. The van der Waals surface area contributed by atoms with Crippen molar-refractivity contribution in [2.75, 3.05) is 7.11 Å². The molecular formula is C8H7BrO2S. The molecule has 0 atom stereocenters. The van der Waals surface area contributed by atoms with Gasteiger partial charge in [0.15, 0.2) is 0 Å². The van der Waals surface area contributed by atoms with E-state index in [-0.39, 0.29) is 5.97 Å². The van der Waals surface area contributed by atoms with E-state index in [4.69, 9.17) is 0 Å². The molecule has 0 bridgehead atoms. The first kappa shape index (κ1) is 9.48. The minimum atomic E-state index is -0.336. The summed E-state index contributed by atoms with van der Waals surface area (Å²) in [5, 5.41) is 1.95. The molecule has 0 N–H and O–H groups in total. The van der Waals surface area contributed by atoms with Gasteiger partial charge >= 0.3 is 5.97 Å². The molecule has 0 aliphatic heterocycles. The Kier molecular flexibility index (Phi) is 3.49. The van der Waals surface area contributed by atoms with Gasteiger partial charge in [-0.05, 0) is 39.0 Å². The minimum absolute atomic E-state index is 0.336. The molecule has 0 unspecified atom stereocenters. The molecule has 64 valence electrons. The molecule has 12 heavy (non-hydrogen) atoms. The molecular weight excluding hydrogens is 240 g/mol. The first-order chi connectivity index (χ1) is 5.72. The number of carbonyl (C=O) groups is 1. The van der Waals surface area contributed by atoms with Crippen LogP contribution in [0.4, 0.5) is 0 Å². The zero-order valence-corrected chi connectivity index (χ0v) is 8.81. The van der Waals surface area contributed by atoms with Crippen molar-refractivity contribution >= 4 is 39.3 Å². The van der Waals surface area contributed by atoms with Crippen molar-refractivity contribution in [2.45, 2.75) is 0 Å². The number of rotatable bonds is 2. The van der Waals surface area contributed by atoms with Crippen molar-refractivity contribution in [2.24, 2.45) is 0 Å². The number of hydrogen-bond donors (Lipinski definition) is 0. The van der Waals surface area contributed by atoms with E-state index >= 15 is 0 Å². The topological polar surface area (TPSA) is 26.3 Å². The van der Waals surface area contributed by atoms with Gasteiger partial charge in [0.25, 0.3) is 0 Å². The van der Waals surface area contributed by atoms with E-state index in [1.54, 1.807) is 17.4 Å². The molecule has 1 heterocycles. The Morgan fingerprint density at radius 1 is 1.75 bits per heavy atom. The second kappa shape index (κ2) is 4.42. The van der Waals surface area contributed by atoms with Crippen molar-refractivity contribution in [3.8, 4) is 0 Å². The van der Waals surface area contributed by atoms with Crippen LogP contribution in [0.1, 0.15) is 5.56 Å². The van der Waals surface area contributed by atoms with Crippen LogP contribution in [0.25, 0.3) is 6.08 Å². The van der Waals surface area contributed by atoms with Crippen LogP contribution in [-0.2, 0) is 9.53 Å². The average molecular weight is 247 g/mol. The lowest BCUT2D eigenvalue weighted by atomic mass is 10.3. The van der Waals surface area contributed by atoms with E-state index < -0.39 is 0 Å². The summed E-state index contributed by atoms with van der Waals surface area (Å²) in [7, 11) is 1.36. The maximum atomic E-state index is 10.7. The summed E-state index contributed by atoms with van der Waals surface area (Å²) in [6.45, 7) is 0. The van der Waals surface area contributed by atoms with Gasteiger partial charge in [-0.25, -0.2) is 4.79 Å². The van der Waals surface area contributed by atoms with Gasteiger partial charge in [-0.15, -0.1) is 11.3 Å². The molecule has 0 saturated heterocycles. The maximum Gasteiger partial charge on any atom is 0.330 e. The molecule has 0 fully saturated rings. The van der Waals surface area contributed by atoms with Crippen LogP contribution in [0.3, 0.4) is 0 Å². The van der Waals surface area contributed by atoms with Crippen LogP contribution in [0, 0.1) is 0 Å². The first-order valence-electron chi connectivity index (χ1n) is 3.22. The fourth-order valence-electron chi connectivity index (χ4n) is 0.643. The van der Waals surface area contributed by atoms with Gasteiger partial charge in [0, 0.05) is 6.08 Å². The number of halogens is 1. The zero-order chi connectivity index (χ0) is 8.97. The van der Waals surface area contributed by atoms with Crippen molar-refractivity contribution in [1.82, 2.24) is 0 Å². The van der Waals surface area contributed by atoms with E-state index in [0.29, 0.717) is 0 Å². The summed E-state index contributed by atoms with van der Waals surface area (Å²) in [4.78, 5) is 10.7. The van der Waals surface area contributed by atoms with Gasteiger partial charge in [-0.2, -0.15) is 0 Å². The quantitative estimate of drug-likeness (QED) is 0.593. The van der Waals surface area contributed by atoms with E-state index in [0.717, 1.165) is 9.35 Å². The summed E-state index contributed by atoms with van der Waals surface area (Å²) in [5.74, 6) is -0.336. The van der Waals surface area contributed by atoms with E-state index in [1.165, 1.54) is 13.2 Å². The summed E-state index contributed by atoms with van der Waals surface area (Å²) in [6, 6.07) is 1.93. The first-order valence-corrected chi connectivity index (χ1v) is 4.89. The molecule has 0 spiro atoms. The Bertz CT molecular complexity index is 304. The zero-order valence-electron chi connectivity index (χ0n) is 6.41. The standard InChI is InChI=1S/C8H7BrO2S/c1-11-8(10)3-2-6-4-7(9)12-5-6/h2-5H,1H3. The highest BCUT2D eigenvalue weighted by molar-refractivity contribution is 9.11. The van der Waals surface area contributed by atoms with Crippen LogP contribution in [-0.4, -0.2) is 13.1 Å². The van der Waals surface area contributed by atoms with Crippen LogP contribution in [0.15, 0.2) is 21.3 Å². The van der Waals surface area contributed by atoms with Gasteiger partial charge in [0.1, 0.15) is 0 Å². The minimum Gasteiger partial charge on any atom is -0.466 e. The third-order valence-corrected chi connectivity index (χ3v) is 2.72. The molecule has 0 amide bonds. The highest BCUT2D eigenvalue weighted by atomic mass is 79.9. The van der Waals surface area contributed by atoms with Crippen molar-refractivity contribution < 1.29 is 9.53 Å². The predicted octanol–water partition coefficient (Wildman–Crippen LogP) is 2.70. The van der Waals surface area contributed by atoms with Gasteiger partial charge < -0.3 is 4.74 Å². The third kappa shape index (κ3) is 2.79. The van der Waals surface area contributed by atoms with E-state index in [9.17, 15) is 4.79 Å². The predicted molar refractivity (Wildman–Crippen MR) is 53.1 cm³/mol. The molecule has 0 radical (unpaired) electrons. The molecule has 2 nitrogen and oxygen atoms in total. The molecule has 0 aliphatic carbocycles. The number of ether oxygens (including phenoxy) is 1. The average Bonchev–Trinajstić information content (AvgIpc) is 2.47. The Morgan fingerprint density at radius 2 is 2.50 bits per heavy atom. The molecule has 4 heteroatoms. The summed E-state index contributed by atoms with van der Waals surface area (Å²) >= 11 is 4.90. The number of methoxy groups -OCH3 is 1. The van der Waals surface area contributed by atoms with Crippen molar-refractivity contribution in [1.29, 1.82) is 0 Å². The normalized spacial score (nSPS) is 10.5. The Morgan fingerprint density at radius 3 is 3.00 bits per heavy atom. The van der Waals surface area contributed by atoms with E-state index in [1.807, 2.05) is 11.4 Å². The van der Waals surface area contributed by atoms with Gasteiger partial charge in [0.05, 0.1) is 10.9 Å². The highest BCUT2D eigenvalue weighted by Crippen LogP contribution is 2.21. The van der Waals surface area contributed by atoms with Crippen LogP contribution < -0.4 is 0 Å². The van der Waals surface area contributed by atoms with E-state index in [2.05, 4.69) is 20.7 Å². The monoisotopic (exact) mass is 246 g/mol. The van der Waals surface area contributed by atoms with Crippen molar-refractivity contribution in [3.05, 3.63) is 26.9 Å². The molecule has 1 aromatic rings. The number of thiophene rings is 1. The van der Waals surface area contributed by atoms with Gasteiger partial charge in [0.2, 0.25) is 0 Å². The van der Waals surface area contributed by atoms with Gasteiger partial charge in [-0.1, -0.05) is 0 Å². The second-order valence-electron chi connectivity index (χ2n) is 2.04. The second-order valence-corrected chi connectivity index (χ2v) is 4.33. The lowest BCUT2D eigenvalue weighted by Crippen LogP contribution is -1.92. The molecule has 0 aromatic carbocycles. The number of carbonyl (C=O) groups excluding carboxylic acids is 1. The van der Waals surface area contributed by atoms with Crippen molar-refractivity contribution in [3.63, 3.8) is 0 Å². The number of hydrogen-bond acceptors (Lipinski definition) is 3. The summed E-state index contributed by atoms with van der Waals surface area (Å²) in [6.07, 6.45) is 3.11. The molecule has 0 saturated carbocycles. The van der Waals surface area contributed by atoms with Crippen LogP contribution in [0.2, 0.25) is 0 Å². The van der Waals surface area contributed by atoms with Gasteiger partial charge in [-0.3, -0.25) is 0 Å². The smallest absolute Gasteiger partial charge is 0.330 e. The Hall–Kier alpha value is -0.610. The summed E-state index contributed by atoms with van der Waals surface area (Å²) < 4.78 is 5.49. The third-order valence-electron chi connectivity index (χ3n) is 1.20. The molecule has 1 rings (SSSR count). The molecule has 0 aliphatic rings. The fraction of sp³-hybridized carbons (Fsp3) is 0.125. The number of esters is 1. The SMILES string of the molecule is COC(=O)C=Cc1csc(Br)c1. The Labute approximate surface area is 83.0 Å². The molecule has 1 aromatic heterocycles. The lowest BCUT2D eigenvalue weighted by Gasteiger charge is -1.87. The fourth-order valence-corrected chi connectivity index (χ4v) is 1.79. The van der Waals surface area contributed by atoms with Crippen LogP contribution >= 0.6 is 27.3 Å². The van der Waals surface area contributed by atoms with Crippen LogP contribution in [0.5, 0.6) is 0 Å². The largest absolute Gasteiger partial charge is 0.466 e. The lowest BCUT2D eigenvalue weighted by molar-refractivity contribution is -0.134. The Balaban J connectivity index is 2.63. The maximum absolute atomic E-state index is 10.7.